The van der Waals surface area contributed by atoms with E-state index in [-0.39, 0.29) is 0 Å². The van der Waals surface area contributed by atoms with Crippen LogP contribution in [0, 0.1) is 0 Å². The summed E-state index contributed by atoms with van der Waals surface area (Å²) in [6.07, 6.45) is 0. The number of ether oxygens (including phenoxy) is 2. The Morgan fingerprint density at radius 2 is 1.62 bits per heavy atom. The lowest BCUT2D eigenvalue weighted by atomic mass is 10.3. The van der Waals surface area contributed by atoms with E-state index in [4.69, 9.17) is 9.47 Å². The molecule has 0 amide bonds. The zero-order valence-corrected chi connectivity index (χ0v) is 10.3. The Morgan fingerprint density at radius 3 is 2.12 bits per heavy atom. The Morgan fingerprint density at radius 1 is 1.06 bits per heavy atom. The van der Waals surface area contributed by atoms with E-state index < -0.39 is 0 Å². The van der Waals surface area contributed by atoms with Crippen LogP contribution in [-0.2, 0) is 0 Å². The lowest BCUT2D eigenvalue weighted by molar-refractivity contribution is 0.306. The number of nitrogens with one attached hydrogen (secondary N) is 1. The van der Waals surface area contributed by atoms with E-state index >= 15 is 0 Å². The third-order valence-corrected chi connectivity index (χ3v) is 2.06. The molecule has 0 unspecified atom stereocenters. The quantitative estimate of drug-likeness (QED) is 0.720. The van der Waals surface area contributed by atoms with Crippen molar-refractivity contribution in [1.29, 1.82) is 0 Å². The molecule has 1 N–H and O–H groups in total. The molecule has 3 heteroatoms. The van der Waals surface area contributed by atoms with Crippen molar-refractivity contribution in [3.8, 4) is 11.5 Å². The predicted molar refractivity (Wildman–Crippen MR) is 66.2 cm³/mol. The predicted octanol–water partition coefficient (Wildman–Crippen LogP) is 2.46. The smallest absolute Gasteiger partial charge is 0.119 e. The van der Waals surface area contributed by atoms with Gasteiger partial charge in [-0.3, -0.25) is 0 Å². The minimum absolute atomic E-state index is 0.504. The van der Waals surface area contributed by atoms with E-state index in [9.17, 15) is 0 Å². The third-order valence-electron chi connectivity index (χ3n) is 2.06. The van der Waals surface area contributed by atoms with Crippen molar-refractivity contribution in [2.75, 3.05) is 19.8 Å². The van der Waals surface area contributed by atoms with Gasteiger partial charge in [0.05, 0.1) is 6.61 Å². The molecule has 0 saturated heterocycles. The summed E-state index contributed by atoms with van der Waals surface area (Å²) in [6.45, 7) is 8.46. The van der Waals surface area contributed by atoms with Gasteiger partial charge in [0, 0.05) is 12.6 Å². The number of hydrogen-bond donors (Lipinski definition) is 1. The molecule has 0 aliphatic rings. The molecule has 0 aliphatic carbocycles. The first-order valence-electron chi connectivity index (χ1n) is 5.81. The van der Waals surface area contributed by atoms with Crippen LogP contribution in [0.15, 0.2) is 24.3 Å². The standard InChI is InChI=1S/C13H21NO2/c1-4-15-12-5-7-13(8-6-12)16-10-9-14-11(2)3/h5-8,11,14H,4,9-10H2,1-3H3. The van der Waals surface area contributed by atoms with Gasteiger partial charge in [0.15, 0.2) is 0 Å². The maximum absolute atomic E-state index is 5.57. The minimum Gasteiger partial charge on any atom is -0.494 e. The van der Waals surface area contributed by atoms with Gasteiger partial charge < -0.3 is 14.8 Å². The van der Waals surface area contributed by atoms with E-state index in [1.165, 1.54) is 0 Å². The SMILES string of the molecule is CCOc1ccc(OCCNC(C)C)cc1. The van der Waals surface area contributed by atoms with Crippen LogP contribution in [0.1, 0.15) is 20.8 Å². The zero-order chi connectivity index (χ0) is 11.8. The van der Waals surface area contributed by atoms with Crippen LogP contribution in [0.25, 0.3) is 0 Å². The van der Waals surface area contributed by atoms with Crippen LogP contribution < -0.4 is 14.8 Å². The van der Waals surface area contributed by atoms with E-state index in [1.54, 1.807) is 0 Å². The fraction of sp³-hybridized carbons (Fsp3) is 0.538. The summed E-state index contributed by atoms with van der Waals surface area (Å²) < 4.78 is 10.9. The number of benzene rings is 1. The second-order valence-electron chi connectivity index (χ2n) is 3.86. The second-order valence-corrected chi connectivity index (χ2v) is 3.86. The van der Waals surface area contributed by atoms with Crippen LogP contribution >= 0.6 is 0 Å². The van der Waals surface area contributed by atoms with E-state index in [0.717, 1.165) is 18.0 Å². The molecule has 90 valence electrons. The van der Waals surface area contributed by atoms with Crippen LogP contribution in [-0.4, -0.2) is 25.8 Å². The fourth-order valence-electron chi connectivity index (χ4n) is 1.32. The molecule has 1 aromatic rings. The van der Waals surface area contributed by atoms with Gasteiger partial charge >= 0.3 is 0 Å². The summed E-state index contributed by atoms with van der Waals surface area (Å²) in [5.41, 5.74) is 0. The summed E-state index contributed by atoms with van der Waals surface area (Å²) in [6, 6.07) is 8.22. The Kier molecular flexibility index (Phi) is 5.72. The van der Waals surface area contributed by atoms with Gasteiger partial charge in [0.1, 0.15) is 18.1 Å². The Hall–Kier alpha value is -1.22. The van der Waals surface area contributed by atoms with Crippen LogP contribution in [0.5, 0.6) is 11.5 Å². The highest BCUT2D eigenvalue weighted by Crippen LogP contribution is 2.17. The molecule has 0 spiro atoms. The van der Waals surface area contributed by atoms with Crippen molar-refractivity contribution >= 4 is 0 Å². The van der Waals surface area contributed by atoms with E-state index in [1.807, 2.05) is 31.2 Å². The first kappa shape index (κ1) is 12.8. The highest BCUT2D eigenvalue weighted by atomic mass is 16.5. The Labute approximate surface area is 97.8 Å². The monoisotopic (exact) mass is 223 g/mol. The summed E-state index contributed by atoms with van der Waals surface area (Å²) in [4.78, 5) is 0. The minimum atomic E-state index is 0.504. The van der Waals surface area contributed by atoms with Crippen molar-refractivity contribution in [1.82, 2.24) is 5.32 Å². The van der Waals surface area contributed by atoms with Crippen molar-refractivity contribution in [2.24, 2.45) is 0 Å². The van der Waals surface area contributed by atoms with Crippen molar-refractivity contribution < 1.29 is 9.47 Å². The molecule has 1 aromatic carbocycles. The van der Waals surface area contributed by atoms with Gasteiger partial charge in [0.25, 0.3) is 0 Å². The maximum Gasteiger partial charge on any atom is 0.119 e. The fourth-order valence-corrected chi connectivity index (χ4v) is 1.32. The van der Waals surface area contributed by atoms with Gasteiger partial charge in [0.2, 0.25) is 0 Å². The van der Waals surface area contributed by atoms with Gasteiger partial charge in [-0.05, 0) is 31.2 Å². The Bertz CT molecular complexity index is 282. The van der Waals surface area contributed by atoms with Crippen molar-refractivity contribution in [3.05, 3.63) is 24.3 Å². The van der Waals surface area contributed by atoms with E-state index in [0.29, 0.717) is 19.3 Å². The van der Waals surface area contributed by atoms with Crippen molar-refractivity contribution in [3.63, 3.8) is 0 Å². The normalized spacial score (nSPS) is 10.5. The lowest BCUT2D eigenvalue weighted by Gasteiger charge is -2.10. The molecule has 0 bridgehead atoms. The molecule has 0 aliphatic heterocycles. The molecule has 0 saturated carbocycles. The molecule has 0 aromatic heterocycles. The molecule has 16 heavy (non-hydrogen) atoms. The van der Waals surface area contributed by atoms with Crippen LogP contribution in [0.4, 0.5) is 0 Å². The molecule has 3 nitrogen and oxygen atoms in total. The summed E-state index contributed by atoms with van der Waals surface area (Å²) in [5.74, 6) is 1.77. The second kappa shape index (κ2) is 7.12. The molecular weight excluding hydrogens is 202 g/mol. The molecule has 1 rings (SSSR count). The zero-order valence-electron chi connectivity index (χ0n) is 10.3. The Balaban J connectivity index is 2.26. The average Bonchev–Trinajstić information content (AvgIpc) is 2.27. The topological polar surface area (TPSA) is 30.5 Å². The van der Waals surface area contributed by atoms with Gasteiger partial charge in [-0.2, -0.15) is 0 Å². The molecule has 0 fully saturated rings. The average molecular weight is 223 g/mol. The van der Waals surface area contributed by atoms with Crippen LogP contribution in [0.3, 0.4) is 0 Å². The first-order chi connectivity index (χ1) is 7.72. The summed E-state index contributed by atoms with van der Waals surface area (Å²) in [7, 11) is 0. The molecular formula is C13H21NO2. The lowest BCUT2D eigenvalue weighted by Crippen LogP contribution is -2.27. The van der Waals surface area contributed by atoms with Gasteiger partial charge in [-0.25, -0.2) is 0 Å². The highest BCUT2D eigenvalue weighted by Gasteiger charge is 1.96. The first-order valence-corrected chi connectivity index (χ1v) is 5.81. The molecule has 0 heterocycles. The van der Waals surface area contributed by atoms with Gasteiger partial charge in [-0.1, -0.05) is 13.8 Å². The largest absolute Gasteiger partial charge is 0.494 e. The van der Waals surface area contributed by atoms with Gasteiger partial charge in [-0.15, -0.1) is 0 Å². The number of hydrogen-bond acceptors (Lipinski definition) is 3. The summed E-state index contributed by atoms with van der Waals surface area (Å²) >= 11 is 0. The third kappa shape index (κ3) is 5.03. The molecule has 0 radical (unpaired) electrons. The van der Waals surface area contributed by atoms with Crippen molar-refractivity contribution in [2.45, 2.75) is 26.8 Å². The highest BCUT2D eigenvalue weighted by molar-refractivity contribution is 5.31. The number of rotatable bonds is 7. The molecule has 0 atom stereocenters. The maximum atomic E-state index is 5.57. The van der Waals surface area contributed by atoms with E-state index in [2.05, 4.69) is 19.2 Å². The van der Waals surface area contributed by atoms with Crippen LogP contribution in [0.2, 0.25) is 0 Å². The summed E-state index contributed by atoms with van der Waals surface area (Å²) in [5, 5.41) is 3.30.